The molecule has 2 heterocycles. The molecule has 1 fully saturated rings. The molecule has 1 saturated heterocycles. The van der Waals surface area contributed by atoms with Crippen LogP contribution in [-0.4, -0.2) is 60.0 Å². The lowest BCUT2D eigenvalue weighted by molar-refractivity contribution is 0.0378. The summed E-state index contributed by atoms with van der Waals surface area (Å²) in [5.41, 5.74) is 2.47. The molecule has 126 valence electrons. The SMILES string of the molecule is Cc1nc(NCCCN2CCOCC2)nc2c1C(=O)C[C@H](C)C2. The highest BCUT2D eigenvalue weighted by atomic mass is 16.5. The monoisotopic (exact) mass is 318 g/mol. The van der Waals surface area contributed by atoms with Crippen LogP contribution in [0.25, 0.3) is 0 Å². The van der Waals surface area contributed by atoms with Crippen molar-refractivity contribution in [2.24, 2.45) is 5.92 Å². The van der Waals surface area contributed by atoms with Crippen molar-refractivity contribution in [3.8, 4) is 0 Å². The zero-order chi connectivity index (χ0) is 16.2. The molecule has 0 unspecified atom stereocenters. The second-order valence-electron chi connectivity index (χ2n) is 6.63. The van der Waals surface area contributed by atoms with Crippen LogP contribution in [0.4, 0.5) is 5.95 Å². The Hall–Kier alpha value is -1.53. The van der Waals surface area contributed by atoms with E-state index < -0.39 is 0 Å². The highest BCUT2D eigenvalue weighted by Crippen LogP contribution is 2.26. The molecule has 1 aromatic rings. The minimum Gasteiger partial charge on any atom is -0.379 e. The van der Waals surface area contributed by atoms with Crippen molar-refractivity contribution in [3.63, 3.8) is 0 Å². The molecular weight excluding hydrogens is 292 g/mol. The lowest BCUT2D eigenvalue weighted by Gasteiger charge is -2.26. The van der Waals surface area contributed by atoms with Gasteiger partial charge in [0.05, 0.1) is 30.2 Å². The Morgan fingerprint density at radius 2 is 2.04 bits per heavy atom. The number of aryl methyl sites for hydroxylation is 1. The molecule has 23 heavy (non-hydrogen) atoms. The number of nitrogens with zero attached hydrogens (tertiary/aromatic N) is 3. The van der Waals surface area contributed by atoms with E-state index >= 15 is 0 Å². The zero-order valence-corrected chi connectivity index (χ0v) is 14.1. The quantitative estimate of drug-likeness (QED) is 0.833. The summed E-state index contributed by atoms with van der Waals surface area (Å²) in [7, 11) is 0. The third-order valence-corrected chi connectivity index (χ3v) is 4.56. The van der Waals surface area contributed by atoms with Gasteiger partial charge in [0.15, 0.2) is 5.78 Å². The normalized spacial score (nSPS) is 22.0. The van der Waals surface area contributed by atoms with E-state index in [9.17, 15) is 4.79 Å². The van der Waals surface area contributed by atoms with Crippen LogP contribution in [0.3, 0.4) is 0 Å². The number of rotatable bonds is 5. The van der Waals surface area contributed by atoms with E-state index in [2.05, 4.69) is 27.1 Å². The number of carbonyl (C=O) groups excluding carboxylic acids is 1. The molecule has 0 amide bonds. The molecule has 1 aliphatic heterocycles. The molecule has 1 aromatic heterocycles. The van der Waals surface area contributed by atoms with Gasteiger partial charge in [0, 0.05) is 26.1 Å². The molecule has 6 nitrogen and oxygen atoms in total. The van der Waals surface area contributed by atoms with Gasteiger partial charge in [-0.2, -0.15) is 0 Å². The lowest BCUT2D eigenvalue weighted by atomic mass is 9.86. The van der Waals surface area contributed by atoms with Crippen molar-refractivity contribution >= 4 is 11.7 Å². The fraction of sp³-hybridized carbons (Fsp3) is 0.706. The smallest absolute Gasteiger partial charge is 0.223 e. The van der Waals surface area contributed by atoms with Crippen LogP contribution in [0.15, 0.2) is 0 Å². The van der Waals surface area contributed by atoms with Gasteiger partial charge < -0.3 is 10.1 Å². The molecule has 0 spiro atoms. The van der Waals surface area contributed by atoms with Gasteiger partial charge in [-0.1, -0.05) is 6.92 Å². The van der Waals surface area contributed by atoms with Crippen LogP contribution in [0, 0.1) is 12.8 Å². The number of Topliss-reactive ketones (excluding diaryl/α,β-unsaturated/α-hetero) is 1. The van der Waals surface area contributed by atoms with E-state index in [4.69, 9.17) is 4.74 Å². The van der Waals surface area contributed by atoms with Crippen LogP contribution in [0.2, 0.25) is 0 Å². The van der Waals surface area contributed by atoms with E-state index in [0.29, 0.717) is 18.3 Å². The average Bonchev–Trinajstić information content (AvgIpc) is 2.51. The largest absolute Gasteiger partial charge is 0.379 e. The molecule has 3 rings (SSSR count). The maximum absolute atomic E-state index is 12.1. The Kier molecular flexibility index (Phi) is 5.23. The standard InChI is InChI=1S/C17H26N4O2/c1-12-10-14-16(15(22)11-12)13(2)19-17(20-14)18-4-3-5-21-6-8-23-9-7-21/h12H,3-11H2,1-2H3,(H,18,19,20)/t12-/m1/s1. The van der Waals surface area contributed by atoms with Crippen molar-refractivity contribution in [2.45, 2.75) is 33.1 Å². The number of hydrogen-bond acceptors (Lipinski definition) is 6. The van der Waals surface area contributed by atoms with E-state index in [1.54, 1.807) is 0 Å². The zero-order valence-electron chi connectivity index (χ0n) is 14.1. The first-order chi connectivity index (χ1) is 11.1. The Labute approximate surface area is 137 Å². The third-order valence-electron chi connectivity index (χ3n) is 4.56. The molecule has 1 N–H and O–H groups in total. The van der Waals surface area contributed by atoms with Crippen LogP contribution in [0.5, 0.6) is 0 Å². The van der Waals surface area contributed by atoms with Gasteiger partial charge in [-0.05, 0) is 32.2 Å². The van der Waals surface area contributed by atoms with Gasteiger partial charge in [-0.25, -0.2) is 9.97 Å². The first-order valence-corrected chi connectivity index (χ1v) is 8.58. The van der Waals surface area contributed by atoms with Gasteiger partial charge >= 0.3 is 0 Å². The van der Waals surface area contributed by atoms with Gasteiger partial charge in [-0.15, -0.1) is 0 Å². The molecule has 0 radical (unpaired) electrons. The number of carbonyl (C=O) groups is 1. The van der Waals surface area contributed by atoms with Crippen molar-refractivity contribution in [2.75, 3.05) is 44.7 Å². The number of hydrogen-bond donors (Lipinski definition) is 1. The Bertz CT molecular complexity index is 570. The Balaban J connectivity index is 1.55. The second kappa shape index (κ2) is 7.36. The van der Waals surface area contributed by atoms with Crippen molar-refractivity contribution in [1.29, 1.82) is 0 Å². The maximum atomic E-state index is 12.1. The lowest BCUT2D eigenvalue weighted by Crippen LogP contribution is -2.37. The van der Waals surface area contributed by atoms with Gasteiger partial charge in [-0.3, -0.25) is 9.69 Å². The van der Waals surface area contributed by atoms with E-state index in [0.717, 1.165) is 69.2 Å². The van der Waals surface area contributed by atoms with E-state index in [1.165, 1.54) is 0 Å². The van der Waals surface area contributed by atoms with Crippen LogP contribution >= 0.6 is 0 Å². The molecule has 6 heteroatoms. The summed E-state index contributed by atoms with van der Waals surface area (Å²) in [6.07, 6.45) is 2.53. The van der Waals surface area contributed by atoms with E-state index in [1.807, 2.05) is 6.92 Å². The van der Waals surface area contributed by atoms with Crippen LogP contribution in [0.1, 0.15) is 41.5 Å². The topological polar surface area (TPSA) is 67.3 Å². The Morgan fingerprint density at radius 3 is 2.83 bits per heavy atom. The predicted molar refractivity (Wildman–Crippen MR) is 89.0 cm³/mol. The highest BCUT2D eigenvalue weighted by molar-refractivity contribution is 5.99. The number of aromatic nitrogens is 2. The maximum Gasteiger partial charge on any atom is 0.223 e. The van der Waals surface area contributed by atoms with Crippen LogP contribution < -0.4 is 5.32 Å². The summed E-state index contributed by atoms with van der Waals surface area (Å²) in [4.78, 5) is 23.6. The molecule has 1 aliphatic carbocycles. The van der Waals surface area contributed by atoms with Gasteiger partial charge in [0.25, 0.3) is 0 Å². The molecule has 0 aromatic carbocycles. The number of fused-ring (bicyclic) bond motifs is 1. The number of ketones is 1. The molecular formula is C17H26N4O2. The number of morpholine rings is 1. The Morgan fingerprint density at radius 1 is 1.26 bits per heavy atom. The van der Waals surface area contributed by atoms with Crippen LogP contribution in [-0.2, 0) is 11.2 Å². The first kappa shape index (κ1) is 16.3. The summed E-state index contributed by atoms with van der Waals surface area (Å²) in [5, 5.41) is 3.31. The molecule has 0 bridgehead atoms. The summed E-state index contributed by atoms with van der Waals surface area (Å²) in [5.74, 6) is 1.22. The minimum absolute atomic E-state index is 0.190. The molecule has 1 atom stereocenters. The summed E-state index contributed by atoms with van der Waals surface area (Å²) < 4.78 is 5.35. The first-order valence-electron chi connectivity index (χ1n) is 8.58. The number of ether oxygens (including phenoxy) is 1. The third kappa shape index (κ3) is 4.06. The molecule has 0 saturated carbocycles. The average molecular weight is 318 g/mol. The van der Waals surface area contributed by atoms with Crippen molar-refractivity contribution < 1.29 is 9.53 Å². The number of nitrogens with one attached hydrogen (secondary N) is 1. The van der Waals surface area contributed by atoms with E-state index in [-0.39, 0.29) is 5.78 Å². The summed E-state index contributed by atoms with van der Waals surface area (Å²) in [6.45, 7) is 9.65. The fourth-order valence-electron chi connectivity index (χ4n) is 3.37. The van der Waals surface area contributed by atoms with Gasteiger partial charge in [0.1, 0.15) is 0 Å². The minimum atomic E-state index is 0.190. The van der Waals surface area contributed by atoms with Crippen molar-refractivity contribution in [3.05, 3.63) is 17.0 Å². The second-order valence-corrected chi connectivity index (χ2v) is 6.63. The summed E-state index contributed by atoms with van der Waals surface area (Å²) >= 11 is 0. The number of anilines is 1. The summed E-state index contributed by atoms with van der Waals surface area (Å²) in [6, 6.07) is 0. The van der Waals surface area contributed by atoms with Crippen molar-refractivity contribution in [1.82, 2.24) is 14.9 Å². The molecule has 2 aliphatic rings. The fourth-order valence-corrected chi connectivity index (χ4v) is 3.37. The predicted octanol–water partition coefficient (Wildman–Crippen LogP) is 1.68. The highest BCUT2D eigenvalue weighted by Gasteiger charge is 2.26. The van der Waals surface area contributed by atoms with Gasteiger partial charge in [0.2, 0.25) is 5.95 Å².